The molecule has 5 nitrogen and oxygen atoms in total. The maximum Gasteiger partial charge on any atom is 0.121 e. The summed E-state index contributed by atoms with van der Waals surface area (Å²) in [7, 11) is 1.66. The molecule has 0 atom stereocenters. The summed E-state index contributed by atoms with van der Waals surface area (Å²) in [5.41, 5.74) is 1.04. The normalized spacial score (nSPS) is 10.5. The van der Waals surface area contributed by atoms with Gasteiger partial charge in [0.15, 0.2) is 0 Å². The molecule has 114 valence electrons. The minimum atomic E-state index is 0.600. The SMILES string of the molecule is CCOc1cccc(NCCOCCOCCOC)c1. The van der Waals surface area contributed by atoms with E-state index in [1.54, 1.807) is 7.11 Å². The van der Waals surface area contributed by atoms with E-state index >= 15 is 0 Å². The van der Waals surface area contributed by atoms with Gasteiger partial charge in [-0.1, -0.05) is 6.07 Å². The van der Waals surface area contributed by atoms with Crippen LogP contribution in [0.4, 0.5) is 5.69 Å². The first kappa shape index (κ1) is 16.8. The number of hydrogen-bond acceptors (Lipinski definition) is 5. The van der Waals surface area contributed by atoms with Crippen LogP contribution in [0.2, 0.25) is 0 Å². The molecule has 0 amide bonds. The van der Waals surface area contributed by atoms with E-state index < -0.39 is 0 Å². The molecule has 0 aliphatic heterocycles. The van der Waals surface area contributed by atoms with Crippen molar-refractivity contribution in [2.24, 2.45) is 0 Å². The van der Waals surface area contributed by atoms with Crippen LogP contribution in [-0.2, 0) is 14.2 Å². The van der Waals surface area contributed by atoms with E-state index in [2.05, 4.69) is 5.32 Å². The van der Waals surface area contributed by atoms with Crippen LogP contribution >= 0.6 is 0 Å². The summed E-state index contributed by atoms with van der Waals surface area (Å²) in [4.78, 5) is 0. The van der Waals surface area contributed by atoms with Crippen LogP contribution in [0.1, 0.15) is 6.92 Å². The van der Waals surface area contributed by atoms with Crippen molar-refractivity contribution in [2.45, 2.75) is 6.92 Å². The fourth-order valence-corrected chi connectivity index (χ4v) is 1.59. The predicted molar refractivity (Wildman–Crippen MR) is 79.6 cm³/mol. The summed E-state index contributed by atoms with van der Waals surface area (Å²) in [5, 5.41) is 3.29. The molecular weight excluding hydrogens is 258 g/mol. The average Bonchev–Trinajstić information content (AvgIpc) is 2.46. The van der Waals surface area contributed by atoms with Crippen molar-refractivity contribution in [1.82, 2.24) is 0 Å². The number of ether oxygens (including phenoxy) is 4. The molecule has 0 unspecified atom stereocenters. The molecule has 0 heterocycles. The van der Waals surface area contributed by atoms with Gasteiger partial charge in [-0.3, -0.25) is 0 Å². The standard InChI is InChI=1S/C15H25NO4/c1-3-20-15-6-4-5-14(13-15)16-7-8-18-11-12-19-10-9-17-2/h4-6,13,16H,3,7-12H2,1-2H3. The zero-order valence-electron chi connectivity index (χ0n) is 12.4. The quantitative estimate of drug-likeness (QED) is 0.596. The molecule has 0 saturated carbocycles. The summed E-state index contributed by atoms with van der Waals surface area (Å²) in [6.45, 7) is 6.49. The van der Waals surface area contributed by atoms with Crippen molar-refractivity contribution < 1.29 is 18.9 Å². The predicted octanol–water partition coefficient (Wildman–Crippen LogP) is 2.18. The fourth-order valence-electron chi connectivity index (χ4n) is 1.59. The van der Waals surface area contributed by atoms with Crippen LogP contribution in [0.5, 0.6) is 5.75 Å². The molecular formula is C15H25NO4. The molecule has 0 saturated heterocycles. The van der Waals surface area contributed by atoms with E-state index in [9.17, 15) is 0 Å². The lowest BCUT2D eigenvalue weighted by molar-refractivity contribution is 0.0272. The number of hydrogen-bond donors (Lipinski definition) is 1. The second-order valence-corrected chi connectivity index (χ2v) is 4.11. The Morgan fingerprint density at radius 1 is 1.00 bits per heavy atom. The van der Waals surface area contributed by atoms with Crippen molar-refractivity contribution in [3.8, 4) is 5.75 Å². The summed E-state index contributed by atoms with van der Waals surface area (Å²) >= 11 is 0. The summed E-state index contributed by atoms with van der Waals surface area (Å²) in [5.74, 6) is 0.880. The van der Waals surface area contributed by atoms with E-state index in [0.29, 0.717) is 39.6 Å². The van der Waals surface area contributed by atoms with Crippen molar-refractivity contribution >= 4 is 5.69 Å². The van der Waals surface area contributed by atoms with Gasteiger partial charge in [-0.15, -0.1) is 0 Å². The van der Waals surface area contributed by atoms with Crippen LogP contribution in [0, 0.1) is 0 Å². The summed E-state index contributed by atoms with van der Waals surface area (Å²) < 4.78 is 21.1. The van der Waals surface area contributed by atoms with Crippen LogP contribution < -0.4 is 10.1 Å². The molecule has 0 fully saturated rings. The second-order valence-electron chi connectivity index (χ2n) is 4.11. The van der Waals surface area contributed by atoms with Gasteiger partial charge < -0.3 is 24.3 Å². The Morgan fingerprint density at radius 2 is 1.75 bits per heavy atom. The van der Waals surface area contributed by atoms with Gasteiger partial charge in [-0.2, -0.15) is 0 Å². The van der Waals surface area contributed by atoms with E-state index in [4.69, 9.17) is 18.9 Å². The maximum atomic E-state index is 5.45. The number of rotatable bonds is 12. The van der Waals surface area contributed by atoms with Crippen molar-refractivity contribution in [3.63, 3.8) is 0 Å². The molecule has 1 N–H and O–H groups in total. The van der Waals surface area contributed by atoms with Gasteiger partial charge in [0.25, 0.3) is 0 Å². The molecule has 5 heteroatoms. The highest BCUT2D eigenvalue weighted by Crippen LogP contribution is 2.16. The minimum Gasteiger partial charge on any atom is -0.494 e. The summed E-state index contributed by atoms with van der Waals surface area (Å²) in [6.07, 6.45) is 0. The van der Waals surface area contributed by atoms with Gasteiger partial charge in [0, 0.05) is 25.4 Å². The zero-order valence-corrected chi connectivity index (χ0v) is 12.4. The lowest BCUT2D eigenvalue weighted by Crippen LogP contribution is -2.13. The number of anilines is 1. The molecule has 1 aromatic rings. The Hall–Kier alpha value is -1.30. The maximum absolute atomic E-state index is 5.45. The topological polar surface area (TPSA) is 49.0 Å². The van der Waals surface area contributed by atoms with Crippen LogP contribution in [0.3, 0.4) is 0 Å². The van der Waals surface area contributed by atoms with Crippen LogP contribution in [-0.4, -0.2) is 53.3 Å². The molecule has 0 aliphatic carbocycles. The lowest BCUT2D eigenvalue weighted by atomic mass is 10.3. The first-order chi connectivity index (χ1) is 9.86. The Labute approximate surface area is 121 Å². The van der Waals surface area contributed by atoms with E-state index in [0.717, 1.165) is 18.0 Å². The Morgan fingerprint density at radius 3 is 2.50 bits per heavy atom. The largest absolute Gasteiger partial charge is 0.494 e. The third-order valence-corrected chi connectivity index (χ3v) is 2.52. The molecule has 0 aromatic heterocycles. The smallest absolute Gasteiger partial charge is 0.121 e. The highest BCUT2D eigenvalue weighted by molar-refractivity contribution is 5.48. The third kappa shape index (κ3) is 7.99. The van der Waals surface area contributed by atoms with Gasteiger partial charge in [0.1, 0.15) is 5.75 Å². The van der Waals surface area contributed by atoms with Crippen molar-refractivity contribution in [1.29, 1.82) is 0 Å². The third-order valence-electron chi connectivity index (χ3n) is 2.52. The fraction of sp³-hybridized carbons (Fsp3) is 0.600. The Balaban J connectivity index is 2.02. The molecule has 1 rings (SSSR count). The van der Waals surface area contributed by atoms with Crippen molar-refractivity contribution in [3.05, 3.63) is 24.3 Å². The number of benzene rings is 1. The number of nitrogens with one attached hydrogen (secondary N) is 1. The molecule has 0 spiro atoms. The molecule has 0 aliphatic rings. The minimum absolute atomic E-state index is 0.600. The highest BCUT2D eigenvalue weighted by Gasteiger charge is 1.96. The highest BCUT2D eigenvalue weighted by atomic mass is 16.5. The lowest BCUT2D eigenvalue weighted by Gasteiger charge is -2.09. The van der Waals surface area contributed by atoms with E-state index in [1.165, 1.54) is 0 Å². The van der Waals surface area contributed by atoms with Gasteiger partial charge >= 0.3 is 0 Å². The van der Waals surface area contributed by atoms with E-state index in [-0.39, 0.29) is 0 Å². The average molecular weight is 283 g/mol. The van der Waals surface area contributed by atoms with Crippen molar-refractivity contribution in [2.75, 3.05) is 58.6 Å². The van der Waals surface area contributed by atoms with Gasteiger partial charge in [-0.25, -0.2) is 0 Å². The second kappa shape index (κ2) is 11.5. The van der Waals surface area contributed by atoms with Gasteiger partial charge in [0.2, 0.25) is 0 Å². The zero-order chi connectivity index (χ0) is 14.5. The Bertz CT molecular complexity index is 346. The molecule has 20 heavy (non-hydrogen) atoms. The molecule has 1 aromatic carbocycles. The van der Waals surface area contributed by atoms with Crippen LogP contribution in [0.15, 0.2) is 24.3 Å². The van der Waals surface area contributed by atoms with E-state index in [1.807, 2.05) is 31.2 Å². The van der Waals surface area contributed by atoms with Crippen LogP contribution in [0.25, 0.3) is 0 Å². The van der Waals surface area contributed by atoms with Gasteiger partial charge in [0.05, 0.1) is 39.6 Å². The number of methoxy groups -OCH3 is 1. The monoisotopic (exact) mass is 283 g/mol. The van der Waals surface area contributed by atoms with Gasteiger partial charge in [-0.05, 0) is 19.1 Å². The summed E-state index contributed by atoms with van der Waals surface area (Å²) in [6, 6.07) is 7.91. The first-order valence-corrected chi connectivity index (χ1v) is 6.98. The Kier molecular flexibility index (Phi) is 9.65. The molecule has 0 radical (unpaired) electrons. The molecule has 0 bridgehead atoms. The first-order valence-electron chi connectivity index (χ1n) is 6.98.